The number of amides is 1. The minimum absolute atomic E-state index is 0.0894. The molecule has 3 heterocycles. The van der Waals surface area contributed by atoms with Crippen LogP contribution in [0.15, 0.2) is 11.2 Å². The molecule has 2 aliphatic rings. The summed E-state index contributed by atoms with van der Waals surface area (Å²) in [5, 5.41) is 5.39. The molecule has 0 unspecified atom stereocenters. The van der Waals surface area contributed by atoms with Crippen LogP contribution in [-0.2, 0) is 7.05 Å². The lowest BCUT2D eigenvalue weighted by Crippen LogP contribution is -2.50. The van der Waals surface area contributed by atoms with Gasteiger partial charge in [-0.1, -0.05) is 11.8 Å². The lowest BCUT2D eigenvalue weighted by atomic mass is 10.2. The molecule has 1 saturated heterocycles. The van der Waals surface area contributed by atoms with Gasteiger partial charge in [0.05, 0.1) is 17.8 Å². The van der Waals surface area contributed by atoms with Crippen LogP contribution in [0, 0.1) is 6.92 Å². The SMILES string of the molecule is Cc1nn(C)cc1C(=O)N1CCN(C2=NCC(C)(C)S2)CC1. The van der Waals surface area contributed by atoms with Crippen molar-refractivity contribution in [3.63, 3.8) is 0 Å². The summed E-state index contributed by atoms with van der Waals surface area (Å²) in [4.78, 5) is 21.5. The van der Waals surface area contributed by atoms with Gasteiger partial charge in [0.2, 0.25) is 0 Å². The molecule has 22 heavy (non-hydrogen) atoms. The smallest absolute Gasteiger partial charge is 0.257 e. The van der Waals surface area contributed by atoms with Crippen LogP contribution >= 0.6 is 11.8 Å². The lowest BCUT2D eigenvalue weighted by molar-refractivity contribution is 0.0693. The van der Waals surface area contributed by atoms with Gasteiger partial charge < -0.3 is 9.80 Å². The zero-order chi connectivity index (χ0) is 15.9. The van der Waals surface area contributed by atoms with E-state index in [4.69, 9.17) is 0 Å². The van der Waals surface area contributed by atoms with Crippen LogP contribution in [0.1, 0.15) is 29.9 Å². The summed E-state index contributed by atoms with van der Waals surface area (Å²) >= 11 is 1.85. The van der Waals surface area contributed by atoms with Crippen LogP contribution in [0.3, 0.4) is 0 Å². The number of nitrogens with zero attached hydrogens (tertiary/aromatic N) is 5. The maximum Gasteiger partial charge on any atom is 0.257 e. The maximum atomic E-state index is 12.6. The first-order valence-corrected chi connectivity index (χ1v) is 8.45. The topological polar surface area (TPSA) is 53.7 Å². The van der Waals surface area contributed by atoms with Gasteiger partial charge >= 0.3 is 0 Å². The first kappa shape index (κ1) is 15.4. The molecular formula is C15H23N5OS. The Balaban J connectivity index is 1.60. The van der Waals surface area contributed by atoms with Crippen LogP contribution in [0.5, 0.6) is 0 Å². The molecule has 0 N–H and O–H groups in total. The molecule has 0 aliphatic carbocycles. The first-order valence-electron chi connectivity index (χ1n) is 7.64. The van der Waals surface area contributed by atoms with Gasteiger partial charge in [0.25, 0.3) is 5.91 Å². The van der Waals surface area contributed by atoms with Crippen LogP contribution in [0.25, 0.3) is 0 Å². The Morgan fingerprint density at radius 1 is 1.27 bits per heavy atom. The fourth-order valence-corrected chi connectivity index (χ4v) is 3.88. The molecule has 0 radical (unpaired) electrons. The van der Waals surface area contributed by atoms with Crippen molar-refractivity contribution in [3.8, 4) is 0 Å². The number of aryl methyl sites for hydroxylation is 2. The van der Waals surface area contributed by atoms with Crippen LogP contribution < -0.4 is 0 Å². The highest BCUT2D eigenvalue weighted by Crippen LogP contribution is 2.33. The quantitative estimate of drug-likeness (QED) is 0.784. The van der Waals surface area contributed by atoms with E-state index in [-0.39, 0.29) is 10.7 Å². The van der Waals surface area contributed by atoms with Crippen molar-refractivity contribution < 1.29 is 4.79 Å². The Morgan fingerprint density at radius 2 is 1.95 bits per heavy atom. The van der Waals surface area contributed by atoms with Crippen molar-refractivity contribution in [2.24, 2.45) is 12.0 Å². The highest BCUT2D eigenvalue weighted by molar-refractivity contribution is 8.15. The normalized spacial score (nSPS) is 21.2. The fourth-order valence-electron chi connectivity index (χ4n) is 2.81. The van der Waals surface area contributed by atoms with Crippen molar-refractivity contribution in [3.05, 3.63) is 17.5 Å². The third-order valence-corrected chi connectivity index (χ3v) is 5.30. The van der Waals surface area contributed by atoms with E-state index in [1.165, 1.54) is 0 Å². The molecule has 120 valence electrons. The third kappa shape index (κ3) is 2.99. The number of aromatic nitrogens is 2. The second-order valence-corrected chi connectivity index (χ2v) is 8.22. The third-order valence-electron chi connectivity index (χ3n) is 4.04. The average Bonchev–Trinajstić information content (AvgIpc) is 3.00. The number of hydrogen-bond acceptors (Lipinski definition) is 5. The Labute approximate surface area is 135 Å². The van der Waals surface area contributed by atoms with E-state index < -0.39 is 0 Å². The molecule has 3 rings (SSSR count). The fraction of sp³-hybridized carbons (Fsp3) is 0.667. The van der Waals surface area contributed by atoms with Gasteiger partial charge in [-0.2, -0.15) is 5.10 Å². The van der Waals surface area contributed by atoms with E-state index in [1.807, 2.05) is 36.8 Å². The number of aliphatic imine (C=N–C) groups is 1. The molecule has 0 bridgehead atoms. The second-order valence-electron chi connectivity index (χ2n) is 6.54. The van der Waals surface area contributed by atoms with E-state index in [2.05, 4.69) is 28.8 Å². The van der Waals surface area contributed by atoms with E-state index in [0.717, 1.165) is 43.6 Å². The van der Waals surface area contributed by atoms with Crippen molar-refractivity contribution in [2.75, 3.05) is 32.7 Å². The summed E-state index contributed by atoms with van der Waals surface area (Å²) in [5.74, 6) is 0.0894. The number of carbonyl (C=O) groups excluding carboxylic acids is 1. The molecule has 0 spiro atoms. The van der Waals surface area contributed by atoms with Crippen molar-refractivity contribution >= 4 is 22.8 Å². The zero-order valence-electron chi connectivity index (χ0n) is 13.7. The molecule has 1 fully saturated rings. The van der Waals surface area contributed by atoms with Crippen LogP contribution in [-0.4, -0.2) is 68.1 Å². The molecule has 0 aromatic carbocycles. The van der Waals surface area contributed by atoms with Crippen LogP contribution in [0.4, 0.5) is 0 Å². The van der Waals surface area contributed by atoms with E-state index in [0.29, 0.717) is 5.56 Å². The van der Waals surface area contributed by atoms with Crippen molar-refractivity contribution in [1.82, 2.24) is 19.6 Å². The van der Waals surface area contributed by atoms with Gasteiger partial charge in [0.1, 0.15) is 0 Å². The summed E-state index contributed by atoms with van der Waals surface area (Å²) in [6, 6.07) is 0. The minimum atomic E-state index is 0.0894. The molecule has 1 aromatic heterocycles. The van der Waals surface area contributed by atoms with Gasteiger partial charge in [-0.15, -0.1) is 0 Å². The number of piperazine rings is 1. The molecule has 2 aliphatic heterocycles. The predicted octanol–water partition coefficient (Wildman–Crippen LogP) is 1.37. The number of carbonyl (C=O) groups is 1. The molecule has 7 heteroatoms. The van der Waals surface area contributed by atoms with Gasteiger partial charge in [0.15, 0.2) is 5.17 Å². The first-order chi connectivity index (χ1) is 10.4. The molecule has 0 atom stereocenters. The molecule has 0 saturated carbocycles. The molecular weight excluding hydrogens is 298 g/mol. The van der Waals surface area contributed by atoms with E-state index in [1.54, 1.807) is 4.68 Å². The Morgan fingerprint density at radius 3 is 2.45 bits per heavy atom. The van der Waals surface area contributed by atoms with E-state index >= 15 is 0 Å². The Hall–Kier alpha value is -1.50. The standard InChI is InChI=1S/C15H23N5OS/c1-11-12(9-18(4)17-11)13(21)19-5-7-20(8-6-19)14-16-10-15(2,3)22-14/h9H,5-8,10H2,1-4H3. The zero-order valence-corrected chi connectivity index (χ0v) is 14.5. The number of hydrogen-bond donors (Lipinski definition) is 0. The van der Waals surface area contributed by atoms with Gasteiger partial charge in [0, 0.05) is 44.2 Å². The Bertz CT molecular complexity index is 613. The largest absolute Gasteiger partial charge is 0.348 e. The predicted molar refractivity (Wildman–Crippen MR) is 89.4 cm³/mol. The van der Waals surface area contributed by atoms with Gasteiger partial charge in [-0.05, 0) is 20.8 Å². The minimum Gasteiger partial charge on any atom is -0.348 e. The summed E-state index contributed by atoms with van der Waals surface area (Å²) in [6.45, 7) is 10.4. The van der Waals surface area contributed by atoms with Crippen molar-refractivity contribution in [2.45, 2.75) is 25.5 Å². The summed E-state index contributed by atoms with van der Waals surface area (Å²) in [7, 11) is 1.85. The summed E-state index contributed by atoms with van der Waals surface area (Å²) in [5.41, 5.74) is 1.51. The monoisotopic (exact) mass is 321 g/mol. The number of rotatable bonds is 1. The number of thioether (sulfide) groups is 1. The lowest BCUT2D eigenvalue weighted by Gasteiger charge is -2.36. The molecule has 6 nitrogen and oxygen atoms in total. The second kappa shape index (κ2) is 5.61. The van der Waals surface area contributed by atoms with Gasteiger partial charge in [-0.3, -0.25) is 14.5 Å². The van der Waals surface area contributed by atoms with Gasteiger partial charge in [-0.25, -0.2) is 0 Å². The summed E-state index contributed by atoms with van der Waals surface area (Å²) in [6.07, 6.45) is 1.81. The molecule has 1 aromatic rings. The highest BCUT2D eigenvalue weighted by Gasteiger charge is 2.32. The average molecular weight is 321 g/mol. The molecule has 1 amide bonds. The highest BCUT2D eigenvalue weighted by atomic mass is 32.2. The van der Waals surface area contributed by atoms with Crippen LogP contribution in [0.2, 0.25) is 0 Å². The summed E-state index contributed by atoms with van der Waals surface area (Å²) < 4.78 is 1.90. The Kier molecular flexibility index (Phi) is 3.92. The maximum absolute atomic E-state index is 12.6. The van der Waals surface area contributed by atoms with Crippen molar-refractivity contribution in [1.29, 1.82) is 0 Å². The van der Waals surface area contributed by atoms with E-state index in [9.17, 15) is 4.79 Å². The number of amidine groups is 1.